The van der Waals surface area contributed by atoms with Gasteiger partial charge in [-0.05, 0) is 111 Å². The van der Waals surface area contributed by atoms with Crippen LogP contribution in [0, 0.1) is 52.3 Å². The maximum absolute atomic E-state index is 12.8. The van der Waals surface area contributed by atoms with Gasteiger partial charge in [0.05, 0.1) is 26.0 Å². The molecule has 12 atom stereocenters. The third-order valence-corrected chi connectivity index (χ3v) is 14.4. The molecule has 3 N–H and O–H groups in total. The zero-order valence-electron chi connectivity index (χ0n) is 27.3. The van der Waals surface area contributed by atoms with Crippen molar-refractivity contribution in [3.05, 3.63) is 0 Å². The van der Waals surface area contributed by atoms with Crippen LogP contribution in [-0.4, -0.2) is 74.1 Å². The normalized spacial score (nSPS) is 49.4. The van der Waals surface area contributed by atoms with E-state index in [1.807, 2.05) is 0 Å². The number of carbonyl (C=O) groups excluding carboxylic acids is 2. The van der Waals surface area contributed by atoms with Gasteiger partial charge in [0.2, 0.25) is 11.8 Å². The van der Waals surface area contributed by atoms with E-state index in [0.717, 1.165) is 56.1 Å². The molecule has 43 heavy (non-hydrogen) atoms. The fourth-order valence-electron chi connectivity index (χ4n) is 12.0. The van der Waals surface area contributed by atoms with Gasteiger partial charge in [0.1, 0.15) is 12.1 Å². The van der Waals surface area contributed by atoms with Crippen LogP contribution in [0.5, 0.6) is 0 Å². The molecule has 0 aromatic carbocycles. The third kappa shape index (κ3) is 5.28. The van der Waals surface area contributed by atoms with E-state index in [0.29, 0.717) is 54.6 Å². The molecule has 1 spiro atoms. The van der Waals surface area contributed by atoms with Crippen LogP contribution in [0.15, 0.2) is 0 Å². The number of nitrogens with zero attached hydrogens (tertiary/aromatic N) is 1. The van der Waals surface area contributed by atoms with E-state index in [1.54, 1.807) is 0 Å². The van der Waals surface area contributed by atoms with Crippen LogP contribution in [0.4, 0.5) is 0 Å². The molecule has 3 saturated heterocycles. The number of hydrogen-bond donors (Lipinski definition) is 3. The highest BCUT2D eigenvalue weighted by Crippen LogP contribution is 2.71. The summed E-state index contributed by atoms with van der Waals surface area (Å²) in [5.74, 6) is 4.78. The lowest BCUT2D eigenvalue weighted by molar-refractivity contribution is -0.137. The molecule has 0 aromatic rings. The van der Waals surface area contributed by atoms with Crippen molar-refractivity contribution in [3.63, 3.8) is 0 Å². The molecule has 242 valence electrons. The minimum atomic E-state index is -0.185. The lowest BCUT2D eigenvalue weighted by Crippen LogP contribution is -2.58. The molecule has 0 radical (unpaired) electrons. The number of rotatable bonds is 5. The standard InChI is InChI=1S/C35H58N4O4/c1-22-7-12-35(37-20-22)23(2)32-29(43-35)18-28-26-6-5-24-17-25(8-10-33(24,3)27(26)9-11-34(28,32)4)38-31(41)19-30(40)36-21-39-13-15-42-16-14-39/h22-29,32,37H,5-21H2,1-4H3,(H,36,40)(H,38,41)/t22-,23+,24+,25?,26-,27+,28+,29+,32+,33+,34+,35-/m1/s1. The molecule has 2 amide bonds. The first-order valence-corrected chi connectivity index (χ1v) is 17.9. The first-order valence-electron chi connectivity index (χ1n) is 17.9. The summed E-state index contributed by atoms with van der Waals surface area (Å²) in [7, 11) is 0. The second-order valence-electron chi connectivity index (χ2n) is 16.5. The molecule has 0 aromatic heterocycles. The van der Waals surface area contributed by atoms with E-state index >= 15 is 0 Å². The lowest BCUT2D eigenvalue weighted by atomic mass is 9.44. The number of nitrogens with one attached hydrogen (secondary N) is 3. The van der Waals surface area contributed by atoms with Crippen LogP contribution < -0.4 is 16.0 Å². The Morgan fingerprint density at radius 2 is 1.70 bits per heavy atom. The van der Waals surface area contributed by atoms with E-state index in [-0.39, 0.29) is 30.0 Å². The van der Waals surface area contributed by atoms with Crippen LogP contribution in [0.1, 0.15) is 98.3 Å². The van der Waals surface area contributed by atoms with Gasteiger partial charge in [-0.3, -0.25) is 19.8 Å². The molecule has 4 aliphatic carbocycles. The van der Waals surface area contributed by atoms with Gasteiger partial charge in [-0.15, -0.1) is 0 Å². The quantitative estimate of drug-likeness (QED) is 0.409. The SMILES string of the molecule is C[C@@H]1CC[C@@]2(NC1)O[C@H]1C[C@H]3[C@@H]4CC[C@H]5CC(NC(=O)CC(=O)NCN6CCOCC6)CC[C@]5(C)[C@H]4CC[C@]3(C)[C@H]1[C@@H]2C. The van der Waals surface area contributed by atoms with E-state index in [9.17, 15) is 9.59 Å². The van der Waals surface area contributed by atoms with E-state index in [1.165, 1.54) is 51.4 Å². The largest absolute Gasteiger partial charge is 0.379 e. The predicted molar refractivity (Wildman–Crippen MR) is 166 cm³/mol. The topological polar surface area (TPSA) is 91.9 Å². The molecule has 8 heteroatoms. The monoisotopic (exact) mass is 598 g/mol. The number of carbonyl (C=O) groups is 2. The zero-order chi connectivity index (χ0) is 30.0. The Labute approximate surface area is 259 Å². The van der Waals surface area contributed by atoms with Gasteiger partial charge in [0, 0.05) is 31.6 Å². The highest BCUT2D eigenvalue weighted by atomic mass is 16.5. The summed E-state index contributed by atoms with van der Waals surface area (Å²) in [6, 6.07) is 0.199. The predicted octanol–water partition coefficient (Wildman–Crippen LogP) is 4.29. The number of amides is 2. The summed E-state index contributed by atoms with van der Waals surface area (Å²) in [6.07, 6.45) is 12.7. The molecular formula is C35H58N4O4. The number of ether oxygens (including phenoxy) is 2. The van der Waals surface area contributed by atoms with Gasteiger partial charge in [-0.25, -0.2) is 0 Å². The molecule has 0 bridgehead atoms. The number of fused-ring (bicyclic) bond motifs is 7. The summed E-state index contributed by atoms with van der Waals surface area (Å²) in [5, 5.41) is 10.1. The van der Waals surface area contributed by atoms with Gasteiger partial charge in [-0.2, -0.15) is 0 Å². The highest BCUT2D eigenvalue weighted by molar-refractivity contribution is 5.96. The Kier molecular flexibility index (Phi) is 8.17. The summed E-state index contributed by atoms with van der Waals surface area (Å²) in [5.41, 5.74) is 0.687. The zero-order valence-corrected chi connectivity index (χ0v) is 27.3. The van der Waals surface area contributed by atoms with Gasteiger partial charge in [0.15, 0.2) is 0 Å². The van der Waals surface area contributed by atoms with E-state index in [2.05, 4.69) is 48.5 Å². The van der Waals surface area contributed by atoms with E-state index < -0.39 is 0 Å². The molecule has 3 aliphatic heterocycles. The smallest absolute Gasteiger partial charge is 0.230 e. The average molecular weight is 599 g/mol. The summed E-state index contributed by atoms with van der Waals surface area (Å²) in [4.78, 5) is 27.4. The summed E-state index contributed by atoms with van der Waals surface area (Å²) >= 11 is 0. The van der Waals surface area contributed by atoms with Crippen molar-refractivity contribution in [2.24, 2.45) is 52.3 Å². The fraction of sp³-hybridized carbons (Fsp3) is 0.943. The second kappa shape index (κ2) is 11.5. The van der Waals surface area contributed by atoms with Gasteiger partial charge < -0.3 is 20.1 Å². The average Bonchev–Trinajstić information content (AvgIpc) is 3.44. The number of hydrogen-bond acceptors (Lipinski definition) is 6. The molecule has 7 fully saturated rings. The molecule has 3 heterocycles. The molecule has 8 nitrogen and oxygen atoms in total. The molecule has 7 aliphatic rings. The first kappa shape index (κ1) is 30.4. The fourth-order valence-corrected chi connectivity index (χ4v) is 12.0. The first-order chi connectivity index (χ1) is 20.6. The van der Waals surface area contributed by atoms with Crippen LogP contribution in [0.25, 0.3) is 0 Å². The Balaban J connectivity index is 0.940. The lowest BCUT2D eigenvalue weighted by Gasteiger charge is -2.61. The van der Waals surface area contributed by atoms with Crippen molar-refractivity contribution in [1.29, 1.82) is 0 Å². The highest BCUT2D eigenvalue weighted by Gasteiger charge is 2.68. The number of piperidine rings is 1. The van der Waals surface area contributed by atoms with Crippen LogP contribution >= 0.6 is 0 Å². The maximum Gasteiger partial charge on any atom is 0.230 e. The minimum Gasteiger partial charge on any atom is -0.379 e. The Bertz CT molecular complexity index is 1060. The number of morpholine rings is 1. The van der Waals surface area contributed by atoms with Crippen molar-refractivity contribution >= 4 is 11.8 Å². The van der Waals surface area contributed by atoms with Crippen molar-refractivity contribution in [1.82, 2.24) is 20.9 Å². The molecular weight excluding hydrogens is 540 g/mol. The van der Waals surface area contributed by atoms with Crippen LogP contribution in [0.2, 0.25) is 0 Å². The molecule has 1 unspecified atom stereocenters. The van der Waals surface area contributed by atoms with Crippen LogP contribution in [0.3, 0.4) is 0 Å². The Morgan fingerprint density at radius 1 is 0.907 bits per heavy atom. The maximum atomic E-state index is 12.8. The third-order valence-electron chi connectivity index (χ3n) is 14.4. The minimum absolute atomic E-state index is 0.0770. The second-order valence-corrected chi connectivity index (χ2v) is 16.5. The Hall–Kier alpha value is -1.22. The van der Waals surface area contributed by atoms with Crippen molar-refractivity contribution in [3.8, 4) is 0 Å². The van der Waals surface area contributed by atoms with Crippen molar-refractivity contribution in [2.75, 3.05) is 39.5 Å². The van der Waals surface area contributed by atoms with Gasteiger partial charge in [0.25, 0.3) is 0 Å². The van der Waals surface area contributed by atoms with E-state index in [4.69, 9.17) is 9.47 Å². The molecule has 4 saturated carbocycles. The van der Waals surface area contributed by atoms with Crippen molar-refractivity contribution < 1.29 is 19.1 Å². The summed E-state index contributed by atoms with van der Waals surface area (Å²) < 4.78 is 12.4. The summed E-state index contributed by atoms with van der Waals surface area (Å²) in [6.45, 7) is 14.8. The molecule has 7 rings (SSSR count). The Morgan fingerprint density at radius 3 is 2.47 bits per heavy atom. The van der Waals surface area contributed by atoms with Gasteiger partial charge >= 0.3 is 0 Å². The van der Waals surface area contributed by atoms with Gasteiger partial charge in [-0.1, -0.05) is 27.7 Å². The van der Waals surface area contributed by atoms with Crippen molar-refractivity contribution in [2.45, 2.75) is 116 Å². The van der Waals surface area contributed by atoms with Crippen LogP contribution in [-0.2, 0) is 19.1 Å².